The highest BCUT2D eigenvalue weighted by Crippen LogP contribution is 2.59. The Labute approximate surface area is 248 Å². The number of rotatable bonds is 4. The SMILES string of the molecule is Cc1cccc(C)c1-c1cc2nc(n1)NS(=O)(=O)c1cccc(c1)CNCC(c1ccc(CC3(C(F)(F)F)CC3)cc1)O2. The number of anilines is 1. The summed E-state index contributed by atoms with van der Waals surface area (Å²) < 4.78 is 76.2. The maximum atomic E-state index is 13.5. The first kappa shape index (κ1) is 29.1. The number of sulfonamides is 1. The van der Waals surface area contributed by atoms with Crippen molar-refractivity contribution in [2.24, 2.45) is 5.41 Å². The zero-order valence-corrected chi connectivity index (χ0v) is 24.5. The predicted octanol–water partition coefficient (Wildman–Crippen LogP) is 6.67. The Bertz CT molecular complexity index is 1750. The topological polar surface area (TPSA) is 93.2 Å². The fraction of sp³-hybridized carbons (Fsp3) is 0.312. The van der Waals surface area contributed by atoms with Gasteiger partial charge in [0.1, 0.15) is 6.10 Å². The van der Waals surface area contributed by atoms with E-state index in [-0.39, 0.29) is 36.0 Å². The third-order valence-corrected chi connectivity index (χ3v) is 9.47. The molecule has 1 fully saturated rings. The maximum absolute atomic E-state index is 13.5. The minimum atomic E-state index is -4.22. The van der Waals surface area contributed by atoms with Gasteiger partial charge in [-0.25, -0.2) is 18.1 Å². The Morgan fingerprint density at radius 1 is 0.953 bits per heavy atom. The Morgan fingerprint density at radius 3 is 2.33 bits per heavy atom. The largest absolute Gasteiger partial charge is 0.468 e. The van der Waals surface area contributed by atoms with E-state index < -0.39 is 27.7 Å². The fourth-order valence-corrected chi connectivity index (χ4v) is 6.57. The standard InChI is InChI=1S/C32H31F3N4O3S/c1-20-5-3-6-21(2)29(20)26-16-28-38-30(37-26)39-43(40,41)25-8-4-7-23(15-25)18-36-19-27(42-28)24-11-9-22(10-12-24)17-31(13-14-31)32(33,34)35/h3-12,15-16,27,36H,13-14,17-19H2,1-2H3,(H,37,38,39). The van der Waals surface area contributed by atoms with Gasteiger partial charge in [0, 0.05) is 24.7 Å². The van der Waals surface area contributed by atoms with E-state index in [1.54, 1.807) is 42.5 Å². The third-order valence-electron chi connectivity index (χ3n) is 8.15. The molecule has 0 saturated heterocycles. The Morgan fingerprint density at radius 2 is 1.65 bits per heavy atom. The van der Waals surface area contributed by atoms with Crippen molar-refractivity contribution in [3.63, 3.8) is 0 Å². The number of nitrogens with zero attached hydrogens (tertiary/aromatic N) is 2. The molecule has 3 aromatic carbocycles. The van der Waals surface area contributed by atoms with Gasteiger partial charge in [0.05, 0.1) is 16.0 Å². The highest BCUT2D eigenvalue weighted by Gasteiger charge is 2.62. The first-order valence-electron chi connectivity index (χ1n) is 14.0. The van der Waals surface area contributed by atoms with Gasteiger partial charge in [0.25, 0.3) is 10.0 Å². The van der Waals surface area contributed by atoms with Crippen LogP contribution in [0.3, 0.4) is 0 Å². The number of halogens is 3. The van der Waals surface area contributed by atoms with Crippen molar-refractivity contribution in [2.45, 2.75) is 56.8 Å². The maximum Gasteiger partial charge on any atom is 0.394 e. The molecule has 6 rings (SSSR count). The first-order valence-corrected chi connectivity index (χ1v) is 15.5. The lowest BCUT2D eigenvalue weighted by molar-refractivity contribution is -0.186. The molecule has 0 amide bonds. The van der Waals surface area contributed by atoms with Crippen molar-refractivity contribution in [1.29, 1.82) is 0 Å². The smallest absolute Gasteiger partial charge is 0.394 e. The summed E-state index contributed by atoms with van der Waals surface area (Å²) in [7, 11) is -4.01. The Hall–Kier alpha value is -3.96. The lowest BCUT2D eigenvalue weighted by Gasteiger charge is -2.22. The Kier molecular flexibility index (Phi) is 7.42. The van der Waals surface area contributed by atoms with E-state index in [9.17, 15) is 21.6 Å². The third kappa shape index (κ3) is 6.09. The average molecular weight is 609 g/mol. The molecule has 1 saturated carbocycles. The van der Waals surface area contributed by atoms with Crippen molar-refractivity contribution >= 4 is 16.0 Å². The number of benzene rings is 3. The minimum Gasteiger partial charge on any atom is -0.468 e. The highest BCUT2D eigenvalue weighted by molar-refractivity contribution is 7.92. The number of hydrogen-bond acceptors (Lipinski definition) is 6. The number of hydrogen-bond donors (Lipinski definition) is 2. The molecule has 1 aliphatic heterocycles. The minimum absolute atomic E-state index is 0.0502. The van der Waals surface area contributed by atoms with Crippen LogP contribution in [0.1, 0.15) is 46.8 Å². The molecule has 2 heterocycles. The molecule has 0 radical (unpaired) electrons. The molecule has 2 aliphatic rings. The predicted molar refractivity (Wildman–Crippen MR) is 157 cm³/mol. The van der Waals surface area contributed by atoms with Crippen LogP contribution in [0.2, 0.25) is 0 Å². The van der Waals surface area contributed by atoms with Crippen LogP contribution in [0.4, 0.5) is 19.1 Å². The van der Waals surface area contributed by atoms with E-state index in [0.717, 1.165) is 27.8 Å². The van der Waals surface area contributed by atoms with Gasteiger partial charge in [-0.05, 0) is 73.1 Å². The van der Waals surface area contributed by atoms with Gasteiger partial charge in [0.15, 0.2) is 0 Å². The number of aryl methyl sites for hydroxylation is 2. The van der Waals surface area contributed by atoms with Crippen LogP contribution in [-0.4, -0.2) is 31.1 Å². The summed E-state index contributed by atoms with van der Waals surface area (Å²) in [6.07, 6.45) is -4.55. The summed E-state index contributed by atoms with van der Waals surface area (Å²) in [5, 5.41) is 3.33. The van der Waals surface area contributed by atoms with E-state index in [1.807, 2.05) is 38.1 Å². The van der Waals surface area contributed by atoms with Crippen LogP contribution in [-0.2, 0) is 23.0 Å². The second-order valence-corrected chi connectivity index (χ2v) is 13.1. The monoisotopic (exact) mass is 608 g/mol. The molecular formula is C32H31F3N4O3S. The summed E-state index contributed by atoms with van der Waals surface area (Å²) >= 11 is 0. The normalized spacial score (nSPS) is 19.1. The van der Waals surface area contributed by atoms with Gasteiger partial charge in [-0.2, -0.15) is 18.2 Å². The molecular weight excluding hydrogens is 577 g/mol. The summed E-state index contributed by atoms with van der Waals surface area (Å²) in [6.45, 7) is 4.59. The number of aromatic nitrogens is 2. The summed E-state index contributed by atoms with van der Waals surface area (Å²) in [5.74, 6) is 0.0185. The van der Waals surface area contributed by atoms with Crippen LogP contribution >= 0.6 is 0 Å². The van der Waals surface area contributed by atoms with Gasteiger partial charge in [-0.15, -0.1) is 0 Å². The zero-order valence-electron chi connectivity index (χ0n) is 23.7. The molecule has 1 aromatic heterocycles. The Balaban J connectivity index is 1.39. The van der Waals surface area contributed by atoms with E-state index in [4.69, 9.17) is 4.74 Å². The fourth-order valence-electron chi connectivity index (χ4n) is 5.55. The van der Waals surface area contributed by atoms with Crippen molar-refractivity contribution < 1.29 is 26.3 Å². The quantitative estimate of drug-likeness (QED) is 0.269. The number of fused-ring (bicyclic) bond motifs is 4. The molecule has 1 unspecified atom stereocenters. The van der Waals surface area contributed by atoms with Crippen LogP contribution in [0.5, 0.6) is 5.88 Å². The number of alkyl halides is 3. The molecule has 4 aromatic rings. The van der Waals surface area contributed by atoms with E-state index in [2.05, 4.69) is 20.0 Å². The van der Waals surface area contributed by atoms with Gasteiger partial charge < -0.3 is 10.1 Å². The summed E-state index contributed by atoms with van der Waals surface area (Å²) in [6, 6.07) is 21.1. The molecule has 1 atom stereocenters. The van der Waals surface area contributed by atoms with E-state index in [0.29, 0.717) is 24.3 Å². The molecule has 224 valence electrons. The average Bonchev–Trinajstić information content (AvgIpc) is 3.73. The van der Waals surface area contributed by atoms with E-state index in [1.165, 1.54) is 6.07 Å². The second-order valence-electron chi connectivity index (χ2n) is 11.4. The van der Waals surface area contributed by atoms with Gasteiger partial charge >= 0.3 is 6.18 Å². The van der Waals surface area contributed by atoms with E-state index >= 15 is 0 Å². The van der Waals surface area contributed by atoms with Gasteiger partial charge in [-0.1, -0.05) is 54.6 Å². The summed E-state index contributed by atoms with van der Waals surface area (Å²) in [5.41, 5.74) is 3.71. The molecule has 7 nitrogen and oxygen atoms in total. The zero-order chi connectivity index (χ0) is 30.4. The highest BCUT2D eigenvalue weighted by atomic mass is 32.2. The number of ether oxygens (including phenoxy) is 1. The first-order chi connectivity index (χ1) is 20.4. The molecule has 0 spiro atoms. The molecule has 4 bridgehead atoms. The second kappa shape index (κ2) is 10.9. The lowest BCUT2D eigenvalue weighted by Crippen LogP contribution is -2.27. The van der Waals surface area contributed by atoms with Crippen molar-refractivity contribution in [3.05, 3.63) is 101 Å². The van der Waals surface area contributed by atoms with Crippen LogP contribution in [0.25, 0.3) is 11.3 Å². The summed E-state index contributed by atoms with van der Waals surface area (Å²) in [4.78, 5) is 9.06. The van der Waals surface area contributed by atoms with Crippen molar-refractivity contribution in [3.8, 4) is 17.1 Å². The van der Waals surface area contributed by atoms with Crippen molar-refractivity contribution in [2.75, 3.05) is 11.3 Å². The van der Waals surface area contributed by atoms with Crippen molar-refractivity contribution in [1.82, 2.24) is 15.3 Å². The molecule has 2 N–H and O–H groups in total. The molecule has 43 heavy (non-hydrogen) atoms. The molecule has 11 heteroatoms. The lowest BCUT2D eigenvalue weighted by atomic mass is 9.94. The molecule has 1 aliphatic carbocycles. The number of nitrogens with one attached hydrogen (secondary N) is 2. The van der Waals surface area contributed by atoms with Gasteiger partial charge in [-0.3, -0.25) is 0 Å². The van der Waals surface area contributed by atoms with Gasteiger partial charge in [0.2, 0.25) is 11.8 Å². The van der Waals surface area contributed by atoms with Crippen LogP contribution in [0.15, 0.2) is 77.7 Å². The van der Waals surface area contributed by atoms with Crippen LogP contribution < -0.4 is 14.8 Å². The van der Waals surface area contributed by atoms with Crippen LogP contribution in [0, 0.1) is 19.3 Å².